The van der Waals surface area contributed by atoms with E-state index < -0.39 is 21.6 Å². The predicted octanol–water partition coefficient (Wildman–Crippen LogP) is 8.93. The van der Waals surface area contributed by atoms with E-state index in [2.05, 4.69) is 0 Å². The van der Waals surface area contributed by atoms with Crippen LogP contribution in [0.1, 0.15) is 56.1 Å². The maximum absolute atomic E-state index is 11.8. The summed E-state index contributed by atoms with van der Waals surface area (Å²) in [6.07, 6.45) is 5.43. The van der Waals surface area contributed by atoms with Gasteiger partial charge in [-0.05, 0) is 73.9 Å². The molecule has 0 aliphatic carbocycles. The number of unbranched alkanes of at least 4 members (excludes halogenated alkanes) is 2. The van der Waals surface area contributed by atoms with Crippen molar-refractivity contribution in [3.05, 3.63) is 57.6 Å². The highest BCUT2D eigenvalue weighted by Gasteiger charge is 2.11. The topological polar surface area (TPSA) is 52.6 Å². The zero-order valence-corrected chi connectivity index (χ0v) is 23.4. The van der Waals surface area contributed by atoms with Crippen molar-refractivity contribution in [3.8, 4) is 11.5 Å². The summed E-state index contributed by atoms with van der Waals surface area (Å²) in [5, 5.41) is 1.12. The van der Waals surface area contributed by atoms with Crippen LogP contribution in [0.3, 0.4) is 0 Å². The fraction of sp³-hybridized carbons (Fsp3) is 0.440. The molecular weight excluding hydrogens is 577 g/mol. The van der Waals surface area contributed by atoms with Crippen LogP contribution in [0.4, 0.5) is 0 Å². The maximum Gasteiger partial charge on any atom is 0.311 e. The van der Waals surface area contributed by atoms with Gasteiger partial charge < -0.3 is 9.47 Å². The highest BCUT2D eigenvalue weighted by atomic mass is 35.5. The molecule has 2 aromatic carbocycles. The normalized spacial score (nSPS) is 11.2. The van der Waals surface area contributed by atoms with E-state index in [0.29, 0.717) is 34.4 Å². The van der Waals surface area contributed by atoms with Gasteiger partial charge in [-0.1, -0.05) is 41.8 Å². The van der Waals surface area contributed by atoms with Gasteiger partial charge in [0.1, 0.15) is 21.2 Å². The number of aryl methyl sites for hydroxylation is 2. The minimum absolute atomic E-state index is 0.137. The third kappa shape index (κ3) is 12.3. The van der Waals surface area contributed by atoms with Crippen LogP contribution in [-0.4, -0.2) is 21.6 Å². The average molecular weight is 603 g/mol. The Hall–Kier alpha value is -0.880. The van der Waals surface area contributed by atoms with Crippen molar-refractivity contribution in [3.63, 3.8) is 0 Å². The molecule has 0 aliphatic heterocycles. The van der Waals surface area contributed by atoms with Gasteiger partial charge in [-0.2, -0.15) is 0 Å². The van der Waals surface area contributed by atoms with Crippen molar-refractivity contribution in [2.45, 2.75) is 67.5 Å². The van der Waals surface area contributed by atoms with E-state index in [1.54, 1.807) is 24.3 Å². The zero-order valence-electron chi connectivity index (χ0n) is 18.9. The first kappa shape index (κ1) is 30.3. The van der Waals surface area contributed by atoms with Crippen LogP contribution < -0.4 is 9.47 Å². The first-order chi connectivity index (χ1) is 16.6. The fourth-order valence-electron chi connectivity index (χ4n) is 3.22. The number of hydrogen-bond acceptors (Lipinski definition) is 4. The van der Waals surface area contributed by atoms with Crippen molar-refractivity contribution in [2.75, 3.05) is 0 Å². The molecule has 2 rings (SSSR count). The fourth-order valence-corrected chi connectivity index (χ4v) is 4.18. The first-order valence-corrected chi connectivity index (χ1v) is 13.7. The number of carbonyl (C=O) groups excluding carboxylic acids is 2. The molecule has 0 saturated carbocycles. The van der Waals surface area contributed by atoms with E-state index >= 15 is 0 Å². The van der Waals surface area contributed by atoms with Crippen LogP contribution in [0.2, 0.25) is 10.0 Å². The van der Waals surface area contributed by atoms with Gasteiger partial charge in [-0.15, -0.1) is 46.4 Å². The first-order valence-electron chi connectivity index (χ1n) is 11.2. The SMILES string of the molecule is O=C(CCC(Cl)Cl)Oc1ccc(CCCCCc2ccc(OC(=O)CCC(Cl)Cl)cc2Cl)c(Cl)c1. The van der Waals surface area contributed by atoms with Gasteiger partial charge >= 0.3 is 11.9 Å². The van der Waals surface area contributed by atoms with Gasteiger partial charge in [0.15, 0.2) is 0 Å². The molecule has 2 aromatic rings. The van der Waals surface area contributed by atoms with E-state index in [-0.39, 0.29) is 12.8 Å². The molecule has 4 nitrogen and oxygen atoms in total. The molecule has 0 atom stereocenters. The smallest absolute Gasteiger partial charge is 0.311 e. The minimum Gasteiger partial charge on any atom is -0.426 e. The Labute approximate surface area is 236 Å². The lowest BCUT2D eigenvalue weighted by Crippen LogP contribution is -2.09. The molecule has 0 aliphatic rings. The average Bonchev–Trinajstić information content (AvgIpc) is 2.78. The van der Waals surface area contributed by atoms with Crippen LogP contribution in [0, 0.1) is 0 Å². The van der Waals surface area contributed by atoms with Gasteiger partial charge in [0.2, 0.25) is 0 Å². The van der Waals surface area contributed by atoms with E-state index in [4.69, 9.17) is 79.1 Å². The maximum atomic E-state index is 11.8. The minimum atomic E-state index is -0.597. The van der Waals surface area contributed by atoms with Gasteiger partial charge in [0.25, 0.3) is 0 Å². The second kappa shape index (κ2) is 16.1. The number of hydrogen-bond donors (Lipinski definition) is 0. The summed E-state index contributed by atoms with van der Waals surface area (Å²) in [5.41, 5.74) is 1.99. The molecule has 192 valence electrons. The number of ether oxygens (including phenoxy) is 2. The third-order valence-corrected chi connectivity index (χ3v) is 6.61. The second-order valence-corrected chi connectivity index (χ2v) is 11.2. The highest BCUT2D eigenvalue weighted by molar-refractivity contribution is 6.44. The van der Waals surface area contributed by atoms with Crippen molar-refractivity contribution < 1.29 is 19.1 Å². The van der Waals surface area contributed by atoms with Crippen LogP contribution in [0.5, 0.6) is 11.5 Å². The zero-order chi connectivity index (χ0) is 25.8. The Bertz CT molecular complexity index is 903. The molecule has 0 saturated heterocycles. The molecule has 0 amide bonds. The van der Waals surface area contributed by atoms with E-state index in [1.165, 1.54) is 0 Å². The lowest BCUT2D eigenvalue weighted by Gasteiger charge is -2.10. The number of halogens is 6. The monoisotopic (exact) mass is 600 g/mol. The van der Waals surface area contributed by atoms with Gasteiger partial charge in [0.05, 0.1) is 0 Å². The van der Waals surface area contributed by atoms with Gasteiger partial charge in [-0.25, -0.2) is 0 Å². The molecule has 0 spiro atoms. The summed E-state index contributed by atoms with van der Waals surface area (Å²) >= 11 is 35.2. The molecule has 0 unspecified atom stereocenters. The second-order valence-electron chi connectivity index (χ2n) is 7.87. The summed E-state index contributed by atoms with van der Waals surface area (Å²) in [7, 11) is 0. The van der Waals surface area contributed by atoms with Crippen molar-refractivity contribution in [1.82, 2.24) is 0 Å². The lowest BCUT2D eigenvalue weighted by atomic mass is 10.0. The number of carbonyl (C=O) groups is 2. The van der Waals surface area contributed by atoms with Crippen LogP contribution in [0.15, 0.2) is 36.4 Å². The summed E-state index contributed by atoms with van der Waals surface area (Å²) in [6, 6.07) is 10.5. The summed E-state index contributed by atoms with van der Waals surface area (Å²) in [6.45, 7) is 0. The predicted molar refractivity (Wildman–Crippen MR) is 145 cm³/mol. The summed E-state index contributed by atoms with van der Waals surface area (Å²) in [5.74, 6) is -0.00692. The third-order valence-electron chi connectivity index (χ3n) is 5.04. The van der Waals surface area contributed by atoms with E-state index in [0.717, 1.165) is 43.2 Å². The lowest BCUT2D eigenvalue weighted by molar-refractivity contribution is -0.135. The van der Waals surface area contributed by atoms with Crippen molar-refractivity contribution >= 4 is 81.5 Å². The Morgan fingerprint density at radius 3 is 1.40 bits per heavy atom. The van der Waals surface area contributed by atoms with E-state index in [1.807, 2.05) is 12.1 Å². The Morgan fingerprint density at radius 2 is 1.06 bits per heavy atom. The van der Waals surface area contributed by atoms with Gasteiger partial charge in [-0.3, -0.25) is 9.59 Å². The number of benzene rings is 2. The Morgan fingerprint density at radius 1 is 0.657 bits per heavy atom. The number of rotatable bonds is 14. The number of alkyl halides is 4. The highest BCUT2D eigenvalue weighted by Crippen LogP contribution is 2.27. The van der Waals surface area contributed by atoms with Crippen molar-refractivity contribution in [2.24, 2.45) is 0 Å². The van der Waals surface area contributed by atoms with Crippen LogP contribution in [0.25, 0.3) is 0 Å². The molecule has 0 heterocycles. The molecule has 0 bridgehead atoms. The van der Waals surface area contributed by atoms with E-state index in [9.17, 15) is 9.59 Å². The summed E-state index contributed by atoms with van der Waals surface area (Å²) in [4.78, 5) is 22.4. The standard InChI is InChI=1S/C25H26Cl6O4/c26-20-14-18(34-24(32)12-10-22(28)29)8-6-16(20)4-2-1-3-5-17-7-9-19(15-21(17)27)35-25(33)13-11-23(30)31/h6-9,14-15,22-23H,1-5,10-13H2. The quantitative estimate of drug-likeness (QED) is 0.0937. The Balaban J connectivity index is 1.73. The molecule has 10 heteroatoms. The summed E-state index contributed by atoms with van der Waals surface area (Å²) < 4.78 is 10.5. The molecule has 35 heavy (non-hydrogen) atoms. The van der Waals surface area contributed by atoms with Gasteiger partial charge in [0, 0.05) is 22.9 Å². The number of esters is 2. The molecule has 0 N–H and O–H groups in total. The molecule has 0 fully saturated rings. The van der Waals surface area contributed by atoms with Crippen LogP contribution in [-0.2, 0) is 22.4 Å². The molecule has 0 radical (unpaired) electrons. The van der Waals surface area contributed by atoms with Crippen molar-refractivity contribution in [1.29, 1.82) is 0 Å². The molecular formula is C25H26Cl6O4. The van der Waals surface area contributed by atoms with Crippen LogP contribution >= 0.6 is 69.6 Å². The largest absolute Gasteiger partial charge is 0.426 e. The Kier molecular flexibility index (Phi) is 13.9. The molecule has 0 aromatic heterocycles.